The second kappa shape index (κ2) is 6.76. The predicted molar refractivity (Wildman–Crippen MR) is 90.6 cm³/mol. The zero-order valence-electron chi connectivity index (χ0n) is 13.6. The minimum Gasteiger partial charge on any atom is -0.497 e. The summed E-state index contributed by atoms with van der Waals surface area (Å²) in [5.74, 6) is -0.269. The topological polar surface area (TPSA) is 89.9 Å². The third kappa shape index (κ3) is 3.76. The van der Waals surface area contributed by atoms with Crippen LogP contribution in [0.25, 0.3) is 0 Å². The molecule has 1 aliphatic rings. The normalized spacial score (nSPS) is 15.4. The van der Waals surface area contributed by atoms with E-state index >= 15 is 0 Å². The maximum atomic E-state index is 12.2. The lowest BCUT2D eigenvalue weighted by Gasteiger charge is -2.16. The van der Waals surface area contributed by atoms with Crippen molar-refractivity contribution in [1.29, 1.82) is 0 Å². The van der Waals surface area contributed by atoms with E-state index < -0.39 is 21.9 Å². The molecular weight excluding hydrogens is 344 g/mol. The van der Waals surface area contributed by atoms with E-state index in [0.29, 0.717) is 29.9 Å². The highest BCUT2D eigenvalue weighted by atomic mass is 32.2. The number of sulfone groups is 1. The number of rotatable bonds is 7. The van der Waals surface area contributed by atoms with Crippen LogP contribution in [0.15, 0.2) is 53.4 Å². The zero-order valence-corrected chi connectivity index (χ0v) is 14.4. The van der Waals surface area contributed by atoms with Gasteiger partial charge < -0.3 is 14.6 Å². The first kappa shape index (κ1) is 17.3. The minimum absolute atomic E-state index is 0.212. The van der Waals surface area contributed by atoms with Gasteiger partial charge in [0, 0.05) is 11.6 Å². The van der Waals surface area contributed by atoms with Crippen LogP contribution in [0.5, 0.6) is 11.5 Å². The van der Waals surface area contributed by atoms with Crippen molar-refractivity contribution in [3.8, 4) is 11.5 Å². The molecule has 7 heteroatoms. The van der Waals surface area contributed by atoms with Gasteiger partial charge >= 0.3 is 5.97 Å². The Hall–Kier alpha value is -2.54. The van der Waals surface area contributed by atoms with Crippen LogP contribution in [-0.2, 0) is 14.6 Å². The van der Waals surface area contributed by atoms with E-state index in [4.69, 9.17) is 9.47 Å². The molecule has 1 N–H and O–H groups in total. The molecule has 0 heterocycles. The first-order chi connectivity index (χ1) is 11.9. The number of carbonyl (C=O) groups is 1. The summed E-state index contributed by atoms with van der Waals surface area (Å²) >= 11 is 0. The van der Waals surface area contributed by atoms with Gasteiger partial charge in [0.15, 0.2) is 9.84 Å². The highest BCUT2D eigenvalue weighted by Crippen LogP contribution is 2.34. The Morgan fingerprint density at radius 1 is 1.12 bits per heavy atom. The van der Waals surface area contributed by atoms with E-state index in [9.17, 15) is 18.3 Å². The van der Waals surface area contributed by atoms with Gasteiger partial charge in [-0.3, -0.25) is 0 Å². The Labute approximate surface area is 145 Å². The zero-order chi connectivity index (χ0) is 18.0. The first-order valence-electron chi connectivity index (χ1n) is 7.79. The van der Waals surface area contributed by atoms with Crippen LogP contribution in [0.1, 0.15) is 24.5 Å². The molecule has 1 aliphatic carbocycles. The Balaban J connectivity index is 1.84. The molecule has 2 aromatic carbocycles. The highest BCUT2D eigenvalue weighted by Gasteiger charge is 2.37. The van der Waals surface area contributed by atoms with Gasteiger partial charge in [-0.2, -0.15) is 0 Å². The third-order valence-electron chi connectivity index (χ3n) is 3.99. The SMILES string of the molecule is COc1cccc(OC(C(=O)O)c2ccc(S(=O)(=O)C3CC3)cc2)c1. The quantitative estimate of drug-likeness (QED) is 0.815. The molecule has 1 saturated carbocycles. The summed E-state index contributed by atoms with van der Waals surface area (Å²) in [6.07, 6.45) is 0.117. The average Bonchev–Trinajstić information content (AvgIpc) is 3.45. The molecule has 3 rings (SSSR count). The van der Waals surface area contributed by atoms with Crippen LogP contribution < -0.4 is 9.47 Å². The van der Waals surface area contributed by atoms with Gasteiger partial charge in [-0.25, -0.2) is 13.2 Å². The van der Waals surface area contributed by atoms with Crippen LogP contribution in [0.3, 0.4) is 0 Å². The fraction of sp³-hybridized carbons (Fsp3) is 0.278. The molecule has 0 saturated heterocycles. The van der Waals surface area contributed by atoms with Crippen LogP contribution in [-0.4, -0.2) is 31.9 Å². The summed E-state index contributed by atoms with van der Waals surface area (Å²) in [6, 6.07) is 12.5. The number of ether oxygens (including phenoxy) is 2. The fourth-order valence-electron chi connectivity index (χ4n) is 2.47. The van der Waals surface area contributed by atoms with Crippen molar-refractivity contribution in [2.75, 3.05) is 7.11 Å². The molecule has 132 valence electrons. The number of hydrogen-bond acceptors (Lipinski definition) is 5. The van der Waals surface area contributed by atoms with Gasteiger partial charge in [0.05, 0.1) is 17.3 Å². The maximum Gasteiger partial charge on any atom is 0.349 e. The number of methoxy groups -OCH3 is 1. The summed E-state index contributed by atoms with van der Waals surface area (Å²) in [4.78, 5) is 11.8. The standard InChI is InChI=1S/C18H18O6S/c1-23-13-3-2-4-14(11-13)24-17(18(19)20)12-5-7-15(8-6-12)25(21,22)16-9-10-16/h2-8,11,16-17H,9-10H2,1H3,(H,19,20). The molecule has 1 fully saturated rings. The number of carboxylic acids is 1. The lowest BCUT2D eigenvalue weighted by atomic mass is 10.1. The predicted octanol–water partition coefficient (Wildman–Crippen LogP) is 2.84. The fourth-order valence-corrected chi connectivity index (χ4v) is 4.13. The van der Waals surface area contributed by atoms with Gasteiger partial charge in [-0.05, 0) is 37.1 Å². The number of benzene rings is 2. The van der Waals surface area contributed by atoms with E-state index in [0.717, 1.165) is 0 Å². The van der Waals surface area contributed by atoms with E-state index in [1.807, 2.05) is 0 Å². The molecule has 0 bridgehead atoms. The van der Waals surface area contributed by atoms with Crippen molar-refractivity contribution in [3.63, 3.8) is 0 Å². The third-order valence-corrected chi connectivity index (χ3v) is 6.27. The molecule has 0 amide bonds. The van der Waals surface area contributed by atoms with Crippen molar-refractivity contribution >= 4 is 15.8 Å². The Morgan fingerprint density at radius 2 is 1.76 bits per heavy atom. The van der Waals surface area contributed by atoms with Crippen molar-refractivity contribution in [1.82, 2.24) is 0 Å². The number of aliphatic carboxylic acids is 1. The van der Waals surface area contributed by atoms with Gasteiger partial charge in [-0.1, -0.05) is 18.2 Å². The van der Waals surface area contributed by atoms with E-state index in [2.05, 4.69) is 0 Å². The smallest absolute Gasteiger partial charge is 0.349 e. The second-order valence-electron chi connectivity index (χ2n) is 5.83. The van der Waals surface area contributed by atoms with Crippen LogP contribution in [0.2, 0.25) is 0 Å². The van der Waals surface area contributed by atoms with Crippen molar-refractivity contribution in [3.05, 3.63) is 54.1 Å². The summed E-state index contributed by atoms with van der Waals surface area (Å²) < 4.78 is 35.1. The molecule has 1 atom stereocenters. The Kier molecular flexibility index (Phi) is 4.67. The average molecular weight is 362 g/mol. The van der Waals surface area contributed by atoms with Gasteiger partial charge in [0.25, 0.3) is 0 Å². The van der Waals surface area contributed by atoms with Crippen LogP contribution in [0.4, 0.5) is 0 Å². The molecule has 0 spiro atoms. The summed E-state index contributed by atoms with van der Waals surface area (Å²) in [7, 11) is -1.79. The monoisotopic (exact) mass is 362 g/mol. The molecule has 0 aliphatic heterocycles. The minimum atomic E-state index is -3.30. The summed E-state index contributed by atoms with van der Waals surface area (Å²) in [5.41, 5.74) is 0.366. The molecule has 2 aromatic rings. The lowest BCUT2D eigenvalue weighted by Crippen LogP contribution is -2.18. The largest absolute Gasteiger partial charge is 0.497 e. The Bertz CT molecular complexity index is 869. The first-order valence-corrected chi connectivity index (χ1v) is 9.34. The molecule has 0 radical (unpaired) electrons. The summed E-state index contributed by atoms with van der Waals surface area (Å²) in [5, 5.41) is 9.16. The van der Waals surface area contributed by atoms with E-state index in [-0.39, 0.29) is 10.1 Å². The van der Waals surface area contributed by atoms with Crippen molar-refractivity contribution in [2.45, 2.75) is 29.1 Å². The summed E-state index contributed by atoms with van der Waals surface area (Å²) in [6.45, 7) is 0. The molecule has 6 nitrogen and oxygen atoms in total. The second-order valence-corrected chi connectivity index (χ2v) is 8.06. The van der Waals surface area contributed by atoms with Crippen molar-refractivity contribution in [2.24, 2.45) is 0 Å². The van der Waals surface area contributed by atoms with Crippen molar-refractivity contribution < 1.29 is 27.8 Å². The van der Waals surface area contributed by atoms with Gasteiger partial charge in [-0.15, -0.1) is 0 Å². The molecule has 1 unspecified atom stereocenters. The highest BCUT2D eigenvalue weighted by molar-refractivity contribution is 7.92. The van der Waals surface area contributed by atoms with E-state index in [1.165, 1.54) is 31.4 Å². The lowest BCUT2D eigenvalue weighted by molar-refractivity contribution is -0.145. The maximum absolute atomic E-state index is 12.2. The van der Waals surface area contributed by atoms with Crippen LogP contribution >= 0.6 is 0 Å². The molecule has 0 aromatic heterocycles. The Morgan fingerprint density at radius 3 is 2.32 bits per heavy atom. The molecular formula is C18H18O6S. The van der Waals surface area contributed by atoms with E-state index in [1.54, 1.807) is 24.3 Å². The van der Waals surface area contributed by atoms with Gasteiger partial charge in [0.2, 0.25) is 6.10 Å². The number of carboxylic acid groups (broad SMARTS) is 1. The van der Waals surface area contributed by atoms with Gasteiger partial charge in [0.1, 0.15) is 11.5 Å². The van der Waals surface area contributed by atoms with Crippen LogP contribution in [0, 0.1) is 0 Å². The number of hydrogen-bond donors (Lipinski definition) is 1. The molecule has 25 heavy (non-hydrogen) atoms.